The van der Waals surface area contributed by atoms with E-state index in [0.717, 1.165) is 37.7 Å². The molecule has 0 aromatic carbocycles. The van der Waals surface area contributed by atoms with Gasteiger partial charge in [0.2, 0.25) is 5.89 Å². The standard InChI is InChI=1S/C19H22N4O4S2/c1-11(26-17(24)10-28-9-16-21-12(2)27-23-16)18(25)22-19-14(8-20)13-6-4-3-5-7-15(13)29-19/h11H,3-7,9-10H2,1-2H3,(H,22,25). The molecule has 1 N–H and O–H groups in total. The van der Waals surface area contributed by atoms with Crippen molar-refractivity contribution in [3.63, 3.8) is 0 Å². The van der Waals surface area contributed by atoms with Crippen LogP contribution in [-0.4, -0.2) is 33.9 Å². The fourth-order valence-corrected chi connectivity index (χ4v) is 4.95. The number of thiophene rings is 1. The highest BCUT2D eigenvalue weighted by Crippen LogP contribution is 2.37. The topological polar surface area (TPSA) is 118 Å². The number of nitrogens with one attached hydrogen (secondary N) is 1. The monoisotopic (exact) mass is 434 g/mol. The summed E-state index contributed by atoms with van der Waals surface area (Å²) in [7, 11) is 0. The number of anilines is 1. The summed E-state index contributed by atoms with van der Waals surface area (Å²) in [4.78, 5) is 29.7. The van der Waals surface area contributed by atoms with Crippen molar-refractivity contribution in [1.29, 1.82) is 5.26 Å². The lowest BCUT2D eigenvalue weighted by Crippen LogP contribution is -2.30. The Labute approximate surface area is 177 Å². The Bertz CT molecular complexity index is 931. The molecule has 2 aromatic heterocycles. The number of nitrogens with zero attached hydrogens (tertiary/aromatic N) is 3. The van der Waals surface area contributed by atoms with E-state index < -0.39 is 18.0 Å². The number of fused-ring (bicyclic) bond motifs is 1. The molecular formula is C19H22N4O4S2. The summed E-state index contributed by atoms with van der Waals surface area (Å²) in [6.45, 7) is 3.21. The van der Waals surface area contributed by atoms with Crippen molar-refractivity contribution in [1.82, 2.24) is 10.1 Å². The van der Waals surface area contributed by atoms with Crippen molar-refractivity contribution < 1.29 is 18.8 Å². The molecule has 154 valence electrons. The van der Waals surface area contributed by atoms with Gasteiger partial charge in [-0.3, -0.25) is 9.59 Å². The minimum Gasteiger partial charge on any atom is -0.452 e. The van der Waals surface area contributed by atoms with Crippen LogP contribution < -0.4 is 5.32 Å². The Morgan fingerprint density at radius 3 is 2.90 bits per heavy atom. The molecular weight excluding hydrogens is 412 g/mol. The third kappa shape index (κ3) is 5.58. The molecule has 1 atom stereocenters. The minimum atomic E-state index is -0.955. The molecule has 29 heavy (non-hydrogen) atoms. The number of ether oxygens (including phenoxy) is 1. The second-order valence-electron chi connectivity index (χ2n) is 6.72. The van der Waals surface area contributed by atoms with Crippen molar-refractivity contribution in [3.8, 4) is 6.07 Å². The van der Waals surface area contributed by atoms with Gasteiger partial charge in [0, 0.05) is 11.8 Å². The molecule has 0 saturated heterocycles. The lowest BCUT2D eigenvalue weighted by Gasteiger charge is -2.13. The molecule has 2 aromatic rings. The number of amides is 1. The third-order valence-corrected chi connectivity index (χ3v) is 6.58. The Balaban J connectivity index is 1.51. The molecule has 2 heterocycles. The van der Waals surface area contributed by atoms with E-state index in [1.54, 1.807) is 6.92 Å². The van der Waals surface area contributed by atoms with Crippen molar-refractivity contribution in [3.05, 3.63) is 27.7 Å². The molecule has 1 amide bonds. The van der Waals surface area contributed by atoms with E-state index in [2.05, 4.69) is 21.5 Å². The fourth-order valence-electron chi connectivity index (χ4n) is 3.07. The molecule has 1 unspecified atom stereocenters. The van der Waals surface area contributed by atoms with Gasteiger partial charge in [-0.2, -0.15) is 10.2 Å². The first kappa shape index (κ1) is 21.3. The number of aryl methyl sites for hydroxylation is 2. The SMILES string of the molecule is Cc1nc(CSCC(=O)OC(C)C(=O)Nc2sc3c(c2C#N)CCCCC3)no1. The molecule has 10 heteroatoms. The normalized spacial score (nSPS) is 14.4. The Kier molecular flexibility index (Phi) is 7.28. The van der Waals surface area contributed by atoms with E-state index in [1.807, 2.05) is 0 Å². The second-order valence-corrected chi connectivity index (χ2v) is 8.81. The highest BCUT2D eigenvalue weighted by atomic mass is 32.2. The van der Waals surface area contributed by atoms with Gasteiger partial charge in [0.25, 0.3) is 5.91 Å². The summed E-state index contributed by atoms with van der Waals surface area (Å²) in [6.07, 6.45) is 4.16. The first-order valence-electron chi connectivity index (χ1n) is 9.40. The van der Waals surface area contributed by atoms with E-state index in [-0.39, 0.29) is 5.75 Å². The van der Waals surface area contributed by atoms with E-state index in [9.17, 15) is 14.9 Å². The lowest BCUT2D eigenvalue weighted by atomic mass is 10.1. The number of carbonyl (C=O) groups is 2. The van der Waals surface area contributed by atoms with E-state index in [0.29, 0.717) is 28.0 Å². The highest BCUT2D eigenvalue weighted by molar-refractivity contribution is 7.99. The lowest BCUT2D eigenvalue weighted by molar-refractivity contribution is -0.150. The zero-order valence-electron chi connectivity index (χ0n) is 16.3. The van der Waals surface area contributed by atoms with Crippen LogP contribution in [0.25, 0.3) is 0 Å². The molecule has 0 aliphatic heterocycles. The number of hydrogen-bond acceptors (Lipinski definition) is 9. The van der Waals surface area contributed by atoms with E-state index >= 15 is 0 Å². The van der Waals surface area contributed by atoms with Crippen LogP contribution in [0, 0.1) is 18.3 Å². The average molecular weight is 435 g/mol. The number of esters is 1. The van der Waals surface area contributed by atoms with Crippen LogP contribution in [0.3, 0.4) is 0 Å². The number of carbonyl (C=O) groups excluding carboxylic acids is 2. The van der Waals surface area contributed by atoms with E-state index in [1.165, 1.54) is 34.9 Å². The predicted octanol–water partition coefficient (Wildman–Crippen LogP) is 3.38. The minimum absolute atomic E-state index is 0.0714. The van der Waals surface area contributed by atoms with Crippen molar-refractivity contribution in [2.24, 2.45) is 0 Å². The van der Waals surface area contributed by atoms with Gasteiger partial charge in [-0.15, -0.1) is 23.1 Å². The smallest absolute Gasteiger partial charge is 0.316 e. The first-order chi connectivity index (χ1) is 14.0. The number of thioether (sulfide) groups is 1. The number of aromatic nitrogens is 2. The zero-order valence-corrected chi connectivity index (χ0v) is 18.0. The third-order valence-electron chi connectivity index (χ3n) is 4.47. The largest absolute Gasteiger partial charge is 0.452 e. The molecule has 0 spiro atoms. The van der Waals surface area contributed by atoms with Crippen LogP contribution in [0.4, 0.5) is 5.00 Å². The van der Waals surface area contributed by atoms with Crippen LogP contribution in [0.5, 0.6) is 0 Å². The Morgan fingerprint density at radius 1 is 1.38 bits per heavy atom. The van der Waals surface area contributed by atoms with Gasteiger partial charge < -0.3 is 14.6 Å². The highest BCUT2D eigenvalue weighted by Gasteiger charge is 2.24. The van der Waals surface area contributed by atoms with Crippen molar-refractivity contribution in [2.75, 3.05) is 11.1 Å². The number of nitriles is 1. The van der Waals surface area contributed by atoms with E-state index in [4.69, 9.17) is 9.26 Å². The van der Waals surface area contributed by atoms with Gasteiger partial charge >= 0.3 is 5.97 Å². The van der Waals surface area contributed by atoms with Gasteiger partial charge in [0.1, 0.15) is 11.1 Å². The quantitative estimate of drug-likeness (QED) is 0.520. The summed E-state index contributed by atoms with van der Waals surface area (Å²) in [6, 6.07) is 2.23. The molecule has 0 radical (unpaired) electrons. The summed E-state index contributed by atoms with van der Waals surface area (Å²) in [5.74, 6) is 0.524. The maximum Gasteiger partial charge on any atom is 0.316 e. The van der Waals surface area contributed by atoms with Gasteiger partial charge in [0.15, 0.2) is 11.9 Å². The average Bonchev–Trinajstić information content (AvgIpc) is 3.16. The summed E-state index contributed by atoms with van der Waals surface area (Å²) >= 11 is 2.74. The van der Waals surface area contributed by atoms with Gasteiger partial charge in [-0.25, -0.2) is 0 Å². The summed E-state index contributed by atoms with van der Waals surface area (Å²) < 4.78 is 10.1. The second kappa shape index (κ2) is 9.89. The molecule has 8 nitrogen and oxygen atoms in total. The van der Waals surface area contributed by atoms with Crippen LogP contribution in [0.15, 0.2) is 4.52 Å². The summed E-state index contributed by atoms with van der Waals surface area (Å²) in [5, 5.41) is 16.6. The maximum absolute atomic E-state index is 12.5. The van der Waals surface area contributed by atoms with Crippen molar-refractivity contribution in [2.45, 2.75) is 57.8 Å². The molecule has 0 bridgehead atoms. The summed E-state index contributed by atoms with van der Waals surface area (Å²) in [5.41, 5.74) is 1.60. The Hall–Kier alpha value is -2.38. The molecule has 0 saturated carbocycles. The van der Waals surface area contributed by atoms with Crippen LogP contribution in [0.1, 0.15) is 53.9 Å². The van der Waals surface area contributed by atoms with Crippen LogP contribution in [-0.2, 0) is 32.9 Å². The molecule has 1 aliphatic carbocycles. The van der Waals surface area contributed by atoms with Crippen molar-refractivity contribution >= 4 is 40.0 Å². The number of rotatable bonds is 7. The molecule has 3 rings (SSSR count). The molecule has 1 aliphatic rings. The van der Waals surface area contributed by atoms with Gasteiger partial charge in [-0.05, 0) is 38.2 Å². The molecule has 0 fully saturated rings. The van der Waals surface area contributed by atoms with Crippen LogP contribution in [0.2, 0.25) is 0 Å². The van der Waals surface area contributed by atoms with Gasteiger partial charge in [0.05, 0.1) is 17.1 Å². The number of hydrogen-bond donors (Lipinski definition) is 1. The predicted molar refractivity (Wildman–Crippen MR) is 110 cm³/mol. The fraction of sp³-hybridized carbons (Fsp3) is 0.526. The maximum atomic E-state index is 12.5. The first-order valence-corrected chi connectivity index (χ1v) is 11.4. The van der Waals surface area contributed by atoms with Crippen LogP contribution >= 0.6 is 23.1 Å². The Morgan fingerprint density at radius 2 is 2.17 bits per heavy atom. The van der Waals surface area contributed by atoms with Gasteiger partial charge in [-0.1, -0.05) is 11.6 Å². The zero-order chi connectivity index (χ0) is 20.8.